The predicted molar refractivity (Wildman–Crippen MR) is 52.3 cm³/mol. The molecular formula is C9H9F2N3O2. The molecular weight excluding hydrogens is 220 g/mol. The largest absolute Gasteiger partial charge is 0.355 e. The normalized spacial score (nSPS) is 10.0. The average Bonchev–Trinajstić information content (AvgIpc) is 2.28. The Balaban J connectivity index is 2.95. The number of rotatable bonds is 3. The first-order chi connectivity index (χ1) is 7.56. The lowest BCUT2D eigenvalue weighted by Gasteiger charge is -2.08. The molecule has 1 aromatic rings. The molecule has 0 saturated carbocycles. The van der Waals surface area contributed by atoms with Gasteiger partial charge in [0.15, 0.2) is 0 Å². The van der Waals surface area contributed by atoms with Gasteiger partial charge in [0.25, 0.3) is 11.8 Å². The quantitative estimate of drug-likeness (QED) is 0.799. The number of carbonyl (C=O) groups is 2. The van der Waals surface area contributed by atoms with E-state index in [1.165, 1.54) is 19.3 Å². The molecule has 86 valence electrons. The summed E-state index contributed by atoms with van der Waals surface area (Å²) < 4.78 is 24.0. The molecule has 0 fully saturated rings. The van der Waals surface area contributed by atoms with Crippen LogP contribution in [-0.4, -0.2) is 30.3 Å². The van der Waals surface area contributed by atoms with Crippen molar-refractivity contribution >= 4 is 17.5 Å². The Morgan fingerprint density at radius 2 is 2.12 bits per heavy atom. The summed E-state index contributed by atoms with van der Waals surface area (Å²) in [6.07, 6.45) is -0.689. The molecule has 0 bridgehead atoms. The molecule has 0 unspecified atom stereocenters. The van der Waals surface area contributed by atoms with Gasteiger partial charge in [-0.05, 0) is 6.07 Å². The lowest BCUT2D eigenvalue weighted by Crippen LogP contribution is -2.24. The molecule has 0 aliphatic carbocycles. The Bertz CT molecular complexity index is 409. The van der Waals surface area contributed by atoms with Crippen LogP contribution in [0, 0.1) is 0 Å². The molecule has 2 N–H and O–H groups in total. The maximum atomic E-state index is 12.0. The van der Waals surface area contributed by atoms with Crippen LogP contribution in [0.3, 0.4) is 0 Å². The second kappa shape index (κ2) is 5.15. The average molecular weight is 229 g/mol. The Morgan fingerprint density at radius 3 is 2.69 bits per heavy atom. The molecule has 0 aromatic carbocycles. The number of halogens is 2. The molecule has 1 heterocycles. The van der Waals surface area contributed by atoms with Crippen molar-refractivity contribution in [3.8, 4) is 0 Å². The number of nitrogens with one attached hydrogen (secondary N) is 2. The minimum atomic E-state index is -3.14. The van der Waals surface area contributed by atoms with E-state index in [1.807, 2.05) is 5.32 Å². The summed E-state index contributed by atoms with van der Waals surface area (Å²) in [5.41, 5.74) is 0.0265. The molecule has 1 rings (SSSR count). The molecule has 0 radical (unpaired) electrons. The van der Waals surface area contributed by atoms with E-state index in [-0.39, 0.29) is 11.3 Å². The van der Waals surface area contributed by atoms with Crippen LogP contribution in [0.1, 0.15) is 10.4 Å². The van der Waals surface area contributed by atoms with Crippen molar-refractivity contribution in [1.82, 2.24) is 10.3 Å². The lowest BCUT2D eigenvalue weighted by molar-refractivity contribution is -0.126. The fourth-order valence-electron chi connectivity index (χ4n) is 1.01. The maximum absolute atomic E-state index is 12.0. The number of alkyl halides is 2. The van der Waals surface area contributed by atoms with Crippen molar-refractivity contribution < 1.29 is 18.4 Å². The van der Waals surface area contributed by atoms with Gasteiger partial charge in [0.2, 0.25) is 0 Å². The van der Waals surface area contributed by atoms with Crippen molar-refractivity contribution in [3.05, 3.63) is 24.0 Å². The van der Waals surface area contributed by atoms with Gasteiger partial charge >= 0.3 is 6.43 Å². The van der Waals surface area contributed by atoms with E-state index < -0.39 is 18.2 Å². The minimum Gasteiger partial charge on any atom is -0.355 e. The molecule has 0 saturated heterocycles. The Kier molecular flexibility index (Phi) is 3.87. The first-order valence-corrected chi connectivity index (χ1v) is 4.31. The molecule has 0 aliphatic rings. The summed E-state index contributed by atoms with van der Waals surface area (Å²) in [4.78, 5) is 25.7. The Labute approximate surface area is 89.9 Å². The number of anilines is 1. The van der Waals surface area contributed by atoms with E-state index in [4.69, 9.17) is 0 Å². The van der Waals surface area contributed by atoms with E-state index in [0.29, 0.717) is 0 Å². The standard InChI is InChI=1S/C9H9F2N3O2/c1-12-8(15)5-2-3-13-4-6(5)14-9(16)7(10)11/h2-4,7H,1H3,(H,12,15)(H,14,16). The molecule has 0 spiro atoms. The Hall–Kier alpha value is -2.05. The van der Waals surface area contributed by atoms with Crippen LogP contribution in [0.25, 0.3) is 0 Å². The SMILES string of the molecule is CNC(=O)c1ccncc1NC(=O)C(F)F. The first kappa shape index (κ1) is 12.0. The third-order valence-electron chi connectivity index (χ3n) is 1.75. The highest BCUT2D eigenvalue weighted by atomic mass is 19.3. The van der Waals surface area contributed by atoms with Crippen LogP contribution in [0.5, 0.6) is 0 Å². The van der Waals surface area contributed by atoms with Gasteiger partial charge in [0.05, 0.1) is 17.4 Å². The topological polar surface area (TPSA) is 71.1 Å². The number of aromatic nitrogens is 1. The zero-order chi connectivity index (χ0) is 12.1. The smallest absolute Gasteiger partial charge is 0.315 e. The third-order valence-corrected chi connectivity index (χ3v) is 1.75. The van der Waals surface area contributed by atoms with Crippen LogP contribution >= 0.6 is 0 Å². The van der Waals surface area contributed by atoms with Gasteiger partial charge in [0, 0.05) is 13.2 Å². The van der Waals surface area contributed by atoms with Gasteiger partial charge in [-0.15, -0.1) is 0 Å². The van der Waals surface area contributed by atoms with Crippen molar-refractivity contribution in [1.29, 1.82) is 0 Å². The number of pyridine rings is 1. The van der Waals surface area contributed by atoms with Gasteiger partial charge in [-0.25, -0.2) is 0 Å². The monoisotopic (exact) mass is 229 g/mol. The van der Waals surface area contributed by atoms with E-state index in [2.05, 4.69) is 10.3 Å². The molecule has 0 atom stereocenters. The van der Waals surface area contributed by atoms with Gasteiger partial charge in [-0.2, -0.15) is 8.78 Å². The second-order valence-corrected chi connectivity index (χ2v) is 2.79. The maximum Gasteiger partial charge on any atom is 0.315 e. The fourth-order valence-corrected chi connectivity index (χ4v) is 1.01. The van der Waals surface area contributed by atoms with Crippen LogP contribution < -0.4 is 10.6 Å². The molecule has 16 heavy (non-hydrogen) atoms. The van der Waals surface area contributed by atoms with Crippen LogP contribution in [0.4, 0.5) is 14.5 Å². The Morgan fingerprint density at radius 1 is 1.44 bits per heavy atom. The number of hydrogen-bond acceptors (Lipinski definition) is 3. The number of carbonyl (C=O) groups excluding carboxylic acids is 2. The van der Waals surface area contributed by atoms with E-state index in [1.54, 1.807) is 0 Å². The summed E-state index contributed by atoms with van der Waals surface area (Å²) in [7, 11) is 1.39. The zero-order valence-corrected chi connectivity index (χ0v) is 8.33. The van der Waals surface area contributed by atoms with E-state index >= 15 is 0 Å². The van der Waals surface area contributed by atoms with Crippen LogP contribution in [-0.2, 0) is 4.79 Å². The molecule has 2 amide bonds. The molecule has 5 nitrogen and oxygen atoms in total. The van der Waals surface area contributed by atoms with Crippen molar-refractivity contribution in [3.63, 3.8) is 0 Å². The second-order valence-electron chi connectivity index (χ2n) is 2.79. The third kappa shape index (κ3) is 2.72. The highest BCUT2D eigenvalue weighted by Gasteiger charge is 2.18. The van der Waals surface area contributed by atoms with E-state index in [9.17, 15) is 18.4 Å². The van der Waals surface area contributed by atoms with Crippen molar-refractivity contribution in [2.45, 2.75) is 6.43 Å². The summed E-state index contributed by atoms with van der Waals surface area (Å²) in [6.45, 7) is 0. The molecule has 0 aliphatic heterocycles. The van der Waals surface area contributed by atoms with Crippen LogP contribution in [0.2, 0.25) is 0 Å². The lowest BCUT2D eigenvalue weighted by atomic mass is 10.2. The minimum absolute atomic E-state index is 0.0489. The van der Waals surface area contributed by atoms with Gasteiger partial charge in [0.1, 0.15) is 0 Å². The van der Waals surface area contributed by atoms with Crippen LogP contribution in [0.15, 0.2) is 18.5 Å². The van der Waals surface area contributed by atoms with Gasteiger partial charge in [-0.1, -0.05) is 0 Å². The fraction of sp³-hybridized carbons (Fsp3) is 0.222. The number of nitrogens with zero attached hydrogens (tertiary/aromatic N) is 1. The van der Waals surface area contributed by atoms with Crippen molar-refractivity contribution in [2.24, 2.45) is 0 Å². The summed E-state index contributed by atoms with van der Waals surface area (Å²) in [5, 5.41) is 4.23. The summed E-state index contributed by atoms with van der Waals surface area (Å²) >= 11 is 0. The van der Waals surface area contributed by atoms with Crippen molar-refractivity contribution in [2.75, 3.05) is 12.4 Å². The highest BCUT2D eigenvalue weighted by molar-refractivity contribution is 6.03. The molecule has 7 heteroatoms. The number of amides is 2. The van der Waals surface area contributed by atoms with E-state index in [0.717, 1.165) is 6.20 Å². The summed E-state index contributed by atoms with van der Waals surface area (Å²) in [5.74, 6) is -1.97. The first-order valence-electron chi connectivity index (χ1n) is 4.31. The predicted octanol–water partition coefficient (Wildman–Crippen LogP) is 0.645. The van der Waals surface area contributed by atoms with Gasteiger partial charge < -0.3 is 10.6 Å². The van der Waals surface area contributed by atoms with Gasteiger partial charge in [-0.3, -0.25) is 14.6 Å². The molecule has 1 aromatic heterocycles. The zero-order valence-electron chi connectivity index (χ0n) is 8.33. The summed E-state index contributed by atoms with van der Waals surface area (Å²) in [6, 6.07) is 1.32. The highest BCUT2D eigenvalue weighted by Crippen LogP contribution is 2.13. The number of hydrogen-bond donors (Lipinski definition) is 2.